The van der Waals surface area contributed by atoms with Crippen molar-refractivity contribution in [3.8, 4) is 0 Å². The van der Waals surface area contributed by atoms with Crippen LogP contribution < -0.4 is 0 Å². The lowest BCUT2D eigenvalue weighted by Gasteiger charge is -2.38. The van der Waals surface area contributed by atoms with Gasteiger partial charge in [-0.15, -0.1) is 0 Å². The molecular weight excluding hydrogens is 252 g/mol. The Labute approximate surface area is 112 Å². The highest BCUT2D eigenvalue weighted by Crippen LogP contribution is 2.30. The van der Waals surface area contributed by atoms with Gasteiger partial charge in [-0.2, -0.15) is 0 Å². The first-order chi connectivity index (χ1) is 8.91. The lowest BCUT2D eigenvalue weighted by Crippen LogP contribution is -2.50. The average molecular weight is 271 g/mol. The van der Waals surface area contributed by atoms with E-state index in [0.717, 1.165) is 12.1 Å². The van der Waals surface area contributed by atoms with Crippen LogP contribution in [0.1, 0.15) is 26.3 Å². The molecule has 3 nitrogen and oxygen atoms in total. The Bertz CT molecular complexity index is 461. The third kappa shape index (κ3) is 2.76. The Balaban J connectivity index is 3.38. The van der Waals surface area contributed by atoms with E-state index >= 15 is 0 Å². The van der Waals surface area contributed by atoms with Gasteiger partial charge in [-0.25, -0.2) is 13.6 Å². The molecule has 1 aromatic carbocycles. The first-order valence-corrected chi connectivity index (χ1v) is 6.20. The maximum atomic E-state index is 13.4. The molecule has 1 aromatic rings. The van der Waals surface area contributed by atoms with Gasteiger partial charge in [-0.05, 0) is 37.7 Å². The summed E-state index contributed by atoms with van der Waals surface area (Å²) in [6.07, 6.45) is 0. The minimum Gasteiger partial charge on any atom is -0.467 e. The monoisotopic (exact) mass is 271 g/mol. The SMILES string of the molecule is CCN(CC)C(C)(C(=O)OC)c1ccc(F)c(F)c1. The Morgan fingerprint density at radius 3 is 2.26 bits per heavy atom. The molecule has 106 valence electrons. The molecule has 0 heterocycles. The third-order valence-electron chi connectivity index (χ3n) is 3.46. The molecule has 0 bridgehead atoms. The summed E-state index contributed by atoms with van der Waals surface area (Å²) < 4.78 is 31.3. The number of methoxy groups -OCH3 is 1. The molecule has 0 amide bonds. The first kappa shape index (κ1) is 15.6. The second-order valence-corrected chi connectivity index (χ2v) is 4.36. The molecular formula is C14H19F2NO2. The van der Waals surface area contributed by atoms with Crippen LogP contribution in [0.2, 0.25) is 0 Å². The molecule has 0 aliphatic heterocycles. The van der Waals surface area contributed by atoms with Crippen LogP contribution in [0, 0.1) is 11.6 Å². The Morgan fingerprint density at radius 1 is 1.26 bits per heavy atom. The van der Waals surface area contributed by atoms with E-state index in [1.165, 1.54) is 13.2 Å². The van der Waals surface area contributed by atoms with Gasteiger partial charge in [0.15, 0.2) is 11.6 Å². The van der Waals surface area contributed by atoms with Gasteiger partial charge < -0.3 is 4.74 Å². The zero-order chi connectivity index (χ0) is 14.6. The molecule has 0 saturated heterocycles. The molecule has 0 spiro atoms. The van der Waals surface area contributed by atoms with E-state index in [2.05, 4.69) is 0 Å². The average Bonchev–Trinajstić information content (AvgIpc) is 2.41. The quantitative estimate of drug-likeness (QED) is 0.771. The molecule has 1 rings (SSSR count). The molecule has 0 aliphatic carbocycles. The van der Waals surface area contributed by atoms with E-state index in [1.54, 1.807) is 6.92 Å². The number of hydrogen-bond donors (Lipinski definition) is 0. The smallest absolute Gasteiger partial charge is 0.330 e. The fraction of sp³-hybridized carbons (Fsp3) is 0.500. The summed E-state index contributed by atoms with van der Waals surface area (Å²) in [7, 11) is 1.28. The van der Waals surface area contributed by atoms with Crippen LogP contribution in [-0.2, 0) is 15.1 Å². The minimum atomic E-state index is -1.13. The molecule has 0 N–H and O–H groups in total. The second-order valence-electron chi connectivity index (χ2n) is 4.36. The van der Waals surface area contributed by atoms with E-state index in [4.69, 9.17) is 4.74 Å². The van der Waals surface area contributed by atoms with Crippen molar-refractivity contribution in [1.82, 2.24) is 4.90 Å². The van der Waals surface area contributed by atoms with E-state index < -0.39 is 23.1 Å². The molecule has 5 heteroatoms. The number of rotatable bonds is 5. The zero-order valence-electron chi connectivity index (χ0n) is 11.7. The molecule has 0 aromatic heterocycles. The summed E-state index contributed by atoms with van der Waals surface area (Å²) in [4.78, 5) is 13.9. The number of carbonyl (C=O) groups excluding carboxylic acids is 1. The van der Waals surface area contributed by atoms with Gasteiger partial charge in [0.1, 0.15) is 5.54 Å². The minimum absolute atomic E-state index is 0.377. The molecule has 1 atom stereocenters. The van der Waals surface area contributed by atoms with Crippen LogP contribution in [0.25, 0.3) is 0 Å². The van der Waals surface area contributed by atoms with Crippen molar-refractivity contribution >= 4 is 5.97 Å². The van der Waals surface area contributed by atoms with Crippen molar-refractivity contribution in [3.05, 3.63) is 35.4 Å². The van der Waals surface area contributed by atoms with Crippen LogP contribution >= 0.6 is 0 Å². The molecule has 0 fully saturated rings. The topological polar surface area (TPSA) is 29.5 Å². The van der Waals surface area contributed by atoms with E-state index in [9.17, 15) is 13.6 Å². The highest BCUT2D eigenvalue weighted by Gasteiger charge is 2.41. The van der Waals surface area contributed by atoms with Crippen LogP contribution in [0.15, 0.2) is 18.2 Å². The highest BCUT2D eigenvalue weighted by atomic mass is 19.2. The Morgan fingerprint density at radius 2 is 1.84 bits per heavy atom. The fourth-order valence-electron chi connectivity index (χ4n) is 2.28. The van der Waals surface area contributed by atoms with Crippen molar-refractivity contribution in [2.24, 2.45) is 0 Å². The van der Waals surface area contributed by atoms with E-state index in [1.807, 2.05) is 18.7 Å². The fourth-order valence-corrected chi connectivity index (χ4v) is 2.28. The van der Waals surface area contributed by atoms with Crippen molar-refractivity contribution in [1.29, 1.82) is 0 Å². The maximum Gasteiger partial charge on any atom is 0.330 e. The number of hydrogen-bond acceptors (Lipinski definition) is 3. The van der Waals surface area contributed by atoms with Gasteiger partial charge in [0, 0.05) is 0 Å². The van der Waals surface area contributed by atoms with Gasteiger partial charge in [0.2, 0.25) is 0 Å². The predicted octanol–water partition coefficient (Wildman–Crippen LogP) is 2.69. The number of benzene rings is 1. The number of carbonyl (C=O) groups is 1. The van der Waals surface area contributed by atoms with Crippen molar-refractivity contribution in [2.75, 3.05) is 20.2 Å². The van der Waals surface area contributed by atoms with Crippen molar-refractivity contribution in [2.45, 2.75) is 26.3 Å². The number of likely N-dealkylation sites (N-methyl/N-ethyl adjacent to an activating group) is 1. The molecule has 0 radical (unpaired) electrons. The zero-order valence-corrected chi connectivity index (χ0v) is 11.7. The summed E-state index contributed by atoms with van der Waals surface area (Å²) in [5.41, 5.74) is -0.755. The van der Waals surface area contributed by atoms with Crippen LogP contribution in [0.5, 0.6) is 0 Å². The van der Waals surface area contributed by atoms with Gasteiger partial charge in [0.25, 0.3) is 0 Å². The Hall–Kier alpha value is -1.49. The number of nitrogens with zero attached hydrogens (tertiary/aromatic N) is 1. The molecule has 0 aliphatic rings. The van der Waals surface area contributed by atoms with Gasteiger partial charge in [0.05, 0.1) is 7.11 Å². The van der Waals surface area contributed by atoms with Gasteiger partial charge in [-0.1, -0.05) is 19.9 Å². The van der Waals surface area contributed by atoms with Gasteiger partial charge >= 0.3 is 5.97 Å². The number of ether oxygens (including phenoxy) is 1. The lowest BCUT2D eigenvalue weighted by atomic mass is 9.89. The summed E-state index contributed by atoms with van der Waals surface area (Å²) in [5, 5.41) is 0. The lowest BCUT2D eigenvalue weighted by molar-refractivity contribution is -0.155. The highest BCUT2D eigenvalue weighted by molar-refractivity contribution is 5.82. The van der Waals surface area contributed by atoms with Crippen LogP contribution in [-0.4, -0.2) is 31.1 Å². The largest absolute Gasteiger partial charge is 0.467 e. The summed E-state index contributed by atoms with van der Waals surface area (Å²) >= 11 is 0. The van der Waals surface area contributed by atoms with E-state index in [-0.39, 0.29) is 0 Å². The maximum absolute atomic E-state index is 13.4. The van der Waals surface area contributed by atoms with Crippen LogP contribution in [0.4, 0.5) is 8.78 Å². The molecule has 19 heavy (non-hydrogen) atoms. The Kier molecular flexibility index (Phi) is 5.00. The van der Waals surface area contributed by atoms with Crippen molar-refractivity contribution in [3.63, 3.8) is 0 Å². The van der Waals surface area contributed by atoms with E-state index in [0.29, 0.717) is 18.7 Å². The van der Waals surface area contributed by atoms with Gasteiger partial charge in [-0.3, -0.25) is 4.90 Å². The third-order valence-corrected chi connectivity index (χ3v) is 3.46. The summed E-state index contributed by atoms with van der Waals surface area (Å²) in [6.45, 7) is 6.61. The van der Waals surface area contributed by atoms with Crippen LogP contribution in [0.3, 0.4) is 0 Å². The number of halogens is 2. The summed E-state index contributed by atoms with van der Waals surface area (Å²) in [6, 6.07) is 3.48. The standard InChI is InChI=1S/C14H19F2NO2/c1-5-17(6-2)14(3,13(18)19-4)10-7-8-11(15)12(16)9-10/h7-9H,5-6H2,1-4H3. The second kappa shape index (κ2) is 6.10. The van der Waals surface area contributed by atoms with Crippen molar-refractivity contribution < 1.29 is 18.3 Å². The normalized spacial score (nSPS) is 14.3. The predicted molar refractivity (Wildman–Crippen MR) is 68.6 cm³/mol. The summed E-state index contributed by atoms with van der Waals surface area (Å²) in [5.74, 6) is -2.41. The molecule has 0 saturated carbocycles. The molecule has 1 unspecified atom stereocenters. The first-order valence-electron chi connectivity index (χ1n) is 6.20. The number of esters is 1.